The number of hydrogen-bond donors (Lipinski definition) is 1. The lowest BCUT2D eigenvalue weighted by Gasteiger charge is -2.17. The van der Waals surface area contributed by atoms with Crippen molar-refractivity contribution in [2.24, 2.45) is 0 Å². The summed E-state index contributed by atoms with van der Waals surface area (Å²) in [6, 6.07) is 16.3. The third-order valence-corrected chi connectivity index (χ3v) is 6.75. The van der Waals surface area contributed by atoms with Gasteiger partial charge in [0, 0.05) is 20.1 Å². The van der Waals surface area contributed by atoms with Crippen LogP contribution in [0, 0.1) is 0 Å². The second kappa shape index (κ2) is 9.32. The standard InChI is InChI=1S/C21H27N3O3S/c1-23(28(26,27)20-7-3-2-4-8-20)17-21(25)22-15-18-9-11-19(12-10-18)16-24-13-5-6-14-24/h2-4,7-12H,5-6,13-17H2,1H3,(H,22,25). The van der Waals surface area contributed by atoms with Crippen molar-refractivity contribution in [2.45, 2.75) is 30.8 Å². The minimum atomic E-state index is -3.67. The summed E-state index contributed by atoms with van der Waals surface area (Å²) in [6.07, 6.45) is 2.55. The first-order valence-electron chi connectivity index (χ1n) is 9.53. The molecule has 1 heterocycles. The summed E-state index contributed by atoms with van der Waals surface area (Å²) in [5, 5.41) is 2.79. The lowest BCUT2D eigenvalue weighted by atomic mass is 10.1. The molecule has 0 spiro atoms. The average molecular weight is 402 g/mol. The molecule has 1 aliphatic rings. The molecule has 2 aromatic carbocycles. The van der Waals surface area contributed by atoms with Crippen molar-refractivity contribution in [1.29, 1.82) is 0 Å². The topological polar surface area (TPSA) is 69.7 Å². The third kappa shape index (κ3) is 5.41. The van der Waals surface area contributed by atoms with Crippen molar-refractivity contribution in [2.75, 3.05) is 26.7 Å². The van der Waals surface area contributed by atoms with E-state index in [1.54, 1.807) is 18.2 Å². The largest absolute Gasteiger partial charge is 0.351 e. The molecule has 28 heavy (non-hydrogen) atoms. The Labute approximate surface area is 167 Å². The van der Waals surface area contributed by atoms with E-state index in [4.69, 9.17) is 0 Å². The molecule has 7 heteroatoms. The van der Waals surface area contributed by atoms with E-state index in [0.29, 0.717) is 6.54 Å². The summed E-state index contributed by atoms with van der Waals surface area (Å²) in [4.78, 5) is 14.8. The molecule has 1 fully saturated rings. The van der Waals surface area contributed by atoms with Gasteiger partial charge in [-0.15, -0.1) is 0 Å². The number of nitrogens with one attached hydrogen (secondary N) is 1. The van der Waals surface area contributed by atoms with Crippen LogP contribution in [0.1, 0.15) is 24.0 Å². The number of likely N-dealkylation sites (N-methyl/N-ethyl adjacent to an activating group) is 1. The molecule has 0 aliphatic carbocycles. The second-order valence-corrected chi connectivity index (χ2v) is 9.20. The molecule has 6 nitrogen and oxygen atoms in total. The van der Waals surface area contributed by atoms with Crippen molar-refractivity contribution in [3.8, 4) is 0 Å². The van der Waals surface area contributed by atoms with Crippen LogP contribution < -0.4 is 5.32 Å². The predicted molar refractivity (Wildman–Crippen MR) is 109 cm³/mol. The first-order chi connectivity index (χ1) is 13.4. The van der Waals surface area contributed by atoms with Crippen LogP contribution >= 0.6 is 0 Å². The molecular weight excluding hydrogens is 374 g/mol. The van der Waals surface area contributed by atoms with E-state index in [1.165, 1.54) is 37.6 Å². The number of amides is 1. The molecule has 150 valence electrons. The Kier molecular flexibility index (Phi) is 6.83. The monoisotopic (exact) mass is 401 g/mol. The van der Waals surface area contributed by atoms with Gasteiger partial charge in [0.25, 0.3) is 0 Å². The van der Waals surface area contributed by atoms with Crippen LogP contribution in [0.15, 0.2) is 59.5 Å². The van der Waals surface area contributed by atoms with Gasteiger partial charge in [-0.25, -0.2) is 8.42 Å². The smallest absolute Gasteiger partial charge is 0.243 e. The molecule has 0 radical (unpaired) electrons. The highest BCUT2D eigenvalue weighted by Gasteiger charge is 2.22. The highest BCUT2D eigenvalue weighted by Crippen LogP contribution is 2.14. The minimum Gasteiger partial charge on any atom is -0.351 e. The first kappa shape index (κ1) is 20.5. The Morgan fingerprint density at radius 1 is 1.00 bits per heavy atom. The summed E-state index contributed by atoms with van der Waals surface area (Å²) in [5.74, 6) is -0.330. The van der Waals surface area contributed by atoms with Gasteiger partial charge in [0.1, 0.15) is 0 Å². The Bertz CT molecular complexity index is 877. The van der Waals surface area contributed by atoms with E-state index in [1.807, 2.05) is 12.1 Å². The minimum absolute atomic E-state index is 0.180. The van der Waals surface area contributed by atoms with Crippen molar-refractivity contribution >= 4 is 15.9 Å². The number of rotatable bonds is 8. The lowest BCUT2D eigenvalue weighted by Crippen LogP contribution is -2.38. The normalized spacial score (nSPS) is 15.1. The molecule has 0 atom stereocenters. The summed E-state index contributed by atoms with van der Waals surface area (Å²) < 4.78 is 26.0. The molecule has 3 rings (SSSR count). The molecule has 1 amide bonds. The zero-order valence-electron chi connectivity index (χ0n) is 16.2. The predicted octanol–water partition coefficient (Wildman–Crippen LogP) is 2.22. The number of carbonyl (C=O) groups is 1. The fraction of sp³-hybridized carbons (Fsp3) is 0.381. The van der Waals surface area contributed by atoms with Gasteiger partial charge in [-0.3, -0.25) is 9.69 Å². The van der Waals surface area contributed by atoms with Gasteiger partial charge >= 0.3 is 0 Å². The number of hydrogen-bond acceptors (Lipinski definition) is 4. The molecule has 0 bridgehead atoms. The van der Waals surface area contributed by atoms with Gasteiger partial charge in [0.2, 0.25) is 15.9 Å². The van der Waals surface area contributed by atoms with Crippen LogP contribution in [0.3, 0.4) is 0 Å². The van der Waals surface area contributed by atoms with Crippen molar-refractivity contribution in [3.05, 3.63) is 65.7 Å². The van der Waals surface area contributed by atoms with E-state index in [-0.39, 0.29) is 17.3 Å². The highest BCUT2D eigenvalue weighted by molar-refractivity contribution is 7.89. The summed E-state index contributed by atoms with van der Waals surface area (Å²) in [6.45, 7) is 3.45. The van der Waals surface area contributed by atoms with Gasteiger partial charge in [-0.2, -0.15) is 4.31 Å². The van der Waals surface area contributed by atoms with E-state index in [9.17, 15) is 13.2 Å². The van der Waals surface area contributed by atoms with E-state index >= 15 is 0 Å². The van der Waals surface area contributed by atoms with Crippen LogP contribution in [-0.2, 0) is 27.9 Å². The SMILES string of the molecule is CN(CC(=O)NCc1ccc(CN2CCCC2)cc1)S(=O)(=O)c1ccccc1. The fourth-order valence-corrected chi connectivity index (χ4v) is 4.43. The lowest BCUT2D eigenvalue weighted by molar-refractivity contribution is -0.121. The number of sulfonamides is 1. The molecule has 1 aliphatic heterocycles. The quantitative estimate of drug-likeness (QED) is 0.736. The zero-order chi connectivity index (χ0) is 20.0. The summed E-state index contributed by atoms with van der Waals surface area (Å²) in [5.41, 5.74) is 2.26. The van der Waals surface area contributed by atoms with Gasteiger partial charge in [0.05, 0.1) is 11.4 Å². The Morgan fingerprint density at radius 3 is 2.25 bits per heavy atom. The van der Waals surface area contributed by atoms with E-state index < -0.39 is 10.0 Å². The fourth-order valence-electron chi connectivity index (χ4n) is 3.28. The van der Waals surface area contributed by atoms with Crippen molar-refractivity contribution in [3.63, 3.8) is 0 Å². The Hall–Kier alpha value is -2.22. The van der Waals surface area contributed by atoms with E-state index in [2.05, 4.69) is 22.3 Å². The highest BCUT2D eigenvalue weighted by atomic mass is 32.2. The zero-order valence-corrected chi connectivity index (χ0v) is 17.0. The molecule has 1 saturated heterocycles. The van der Waals surface area contributed by atoms with Gasteiger partial charge in [0.15, 0.2) is 0 Å². The average Bonchev–Trinajstić information content (AvgIpc) is 3.21. The van der Waals surface area contributed by atoms with Crippen LogP contribution in [0.5, 0.6) is 0 Å². The van der Waals surface area contributed by atoms with E-state index in [0.717, 1.165) is 29.5 Å². The Balaban J connectivity index is 1.48. The van der Waals surface area contributed by atoms with Crippen molar-refractivity contribution < 1.29 is 13.2 Å². The number of nitrogens with zero attached hydrogens (tertiary/aromatic N) is 2. The first-order valence-corrected chi connectivity index (χ1v) is 11.0. The Morgan fingerprint density at radius 2 is 1.61 bits per heavy atom. The van der Waals surface area contributed by atoms with Gasteiger partial charge in [-0.05, 0) is 49.2 Å². The molecule has 2 aromatic rings. The van der Waals surface area contributed by atoms with Gasteiger partial charge in [-0.1, -0.05) is 42.5 Å². The molecular formula is C21H27N3O3S. The number of likely N-dealkylation sites (tertiary alicyclic amines) is 1. The van der Waals surface area contributed by atoms with Crippen LogP contribution in [-0.4, -0.2) is 50.2 Å². The van der Waals surface area contributed by atoms with Crippen LogP contribution in [0.2, 0.25) is 0 Å². The maximum Gasteiger partial charge on any atom is 0.243 e. The molecule has 1 N–H and O–H groups in total. The van der Waals surface area contributed by atoms with Gasteiger partial charge < -0.3 is 5.32 Å². The molecule has 0 aromatic heterocycles. The van der Waals surface area contributed by atoms with Crippen LogP contribution in [0.25, 0.3) is 0 Å². The maximum atomic E-state index is 12.5. The van der Waals surface area contributed by atoms with Crippen molar-refractivity contribution in [1.82, 2.24) is 14.5 Å². The third-order valence-electron chi connectivity index (χ3n) is 4.94. The van der Waals surface area contributed by atoms with Crippen LogP contribution in [0.4, 0.5) is 0 Å². The molecule has 0 unspecified atom stereocenters. The second-order valence-electron chi connectivity index (χ2n) is 7.15. The maximum absolute atomic E-state index is 12.5. The number of benzene rings is 2. The summed E-state index contributed by atoms with van der Waals surface area (Å²) >= 11 is 0. The molecule has 0 saturated carbocycles. The summed E-state index contributed by atoms with van der Waals surface area (Å²) in [7, 11) is -2.25. The number of carbonyl (C=O) groups excluding carboxylic acids is 1.